The lowest BCUT2D eigenvalue weighted by molar-refractivity contribution is 0.0609. The highest BCUT2D eigenvalue weighted by Crippen LogP contribution is 2.17. The molecule has 1 rings (SSSR count). The second-order valence-corrected chi connectivity index (χ2v) is 3.48. The summed E-state index contributed by atoms with van der Waals surface area (Å²) in [6.45, 7) is 0.0825. The number of phenolic OH excluding ortho intramolecular Hbond substituents is 1. The molecular weight excluding hydrogens is 229 g/mol. The fourth-order valence-electron chi connectivity index (χ4n) is 1.25. The SMILES string of the molecule is COCC(O)CNC(=O)c1ccc(F)cc1O. The van der Waals surface area contributed by atoms with E-state index in [0.29, 0.717) is 0 Å². The minimum absolute atomic E-state index is 0.0104. The number of halogens is 1. The van der Waals surface area contributed by atoms with Crippen molar-refractivity contribution in [3.63, 3.8) is 0 Å². The molecule has 1 aromatic rings. The highest BCUT2D eigenvalue weighted by molar-refractivity contribution is 5.96. The van der Waals surface area contributed by atoms with Crippen LogP contribution >= 0.6 is 0 Å². The summed E-state index contributed by atoms with van der Waals surface area (Å²) < 4.78 is 17.4. The third kappa shape index (κ3) is 4.01. The van der Waals surface area contributed by atoms with Crippen LogP contribution in [0.5, 0.6) is 5.75 Å². The lowest BCUT2D eigenvalue weighted by Gasteiger charge is -2.11. The number of carbonyl (C=O) groups excluding carboxylic acids is 1. The first kappa shape index (κ1) is 13.4. The second-order valence-electron chi connectivity index (χ2n) is 3.48. The molecule has 0 spiro atoms. The van der Waals surface area contributed by atoms with Crippen molar-refractivity contribution in [2.45, 2.75) is 6.10 Å². The van der Waals surface area contributed by atoms with Gasteiger partial charge in [-0.25, -0.2) is 4.39 Å². The third-order valence-corrected chi connectivity index (χ3v) is 2.06. The molecule has 17 heavy (non-hydrogen) atoms. The molecule has 0 fully saturated rings. The summed E-state index contributed by atoms with van der Waals surface area (Å²) in [7, 11) is 1.43. The molecule has 0 aromatic heterocycles. The number of hydrogen-bond donors (Lipinski definition) is 3. The highest BCUT2D eigenvalue weighted by Gasteiger charge is 2.13. The maximum atomic E-state index is 12.7. The molecule has 0 saturated heterocycles. The Morgan fingerprint density at radius 1 is 1.59 bits per heavy atom. The van der Waals surface area contributed by atoms with Crippen LogP contribution in [0.15, 0.2) is 18.2 Å². The number of aliphatic hydroxyl groups excluding tert-OH is 1. The number of carbonyl (C=O) groups is 1. The Morgan fingerprint density at radius 3 is 2.88 bits per heavy atom. The molecule has 0 heterocycles. The first-order valence-corrected chi connectivity index (χ1v) is 4.98. The number of phenols is 1. The summed E-state index contributed by atoms with van der Waals surface area (Å²) in [5.41, 5.74) is -0.0454. The van der Waals surface area contributed by atoms with Gasteiger partial charge in [-0.1, -0.05) is 0 Å². The van der Waals surface area contributed by atoms with Crippen molar-refractivity contribution in [3.8, 4) is 5.75 Å². The Bertz CT molecular complexity index is 397. The molecule has 1 aromatic carbocycles. The van der Waals surface area contributed by atoms with Gasteiger partial charge in [0.05, 0.1) is 18.3 Å². The van der Waals surface area contributed by atoms with Gasteiger partial charge in [0.1, 0.15) is 11.6 Å². The molecule has 0 radical (unpaired) electrons. The molecule has 0 bridgehead atoms. The van der Waals surface area contributed by atoms with Crippen molar-refractivity contribution >= 4 is 5.91 Å². The maximum Gasteiger partial charge on any atom is 0.255 e. The molecule has 0 aliphatic rings. The van der Waals surface area contributed by atoms with Gasteiger partial charge in [0.15, 0.2) is 0 Å². The minimum atomic E-state index is -0.827. The summed E-state index contributed by atoms with van der Waals surface area (Å²) in [5, 5.41) is 21.0. The number of aliphatic hydroxyl groups is 1. The summed E-state index contributed by atoms with van der Waals surface area (Å²) in [5.74, 6) is -1.65. The molecule has 0 saturated carbocycles. The van der Waals surface area contributed by atoms with Crippen LogP contribution in [-0.4, -0.2) is 42.5 Å². The number of amides is 1. The first-order valence-electron chi connectivity index (χ1n) is 4.98. The van der Waals surface area contributed by atoms with E-state index >= 15 is 0 Å². The number of rotatable bonds is 5. The lowest BCUT2D eigenvalue weighted by atomic mass is 10.2. The number of aromatic hydroxyl groups is 1. The van der Waals surface area contributed by atoms with Crippen LogP contribution in [0.25, 0.3) is 0 Å². The van der Waals surface area contributed by atoms with E-state index in [4.69, 9.17) is 0 Å². The fraction of sp³-hybridized carbons (Fsp3) is 0.364. The van der Waals surface area contributed by atoms with Crippen LogP contribution in [0.2, 0.25) is 0 Å². The molecule has 0 aliphatic heterocycles. The van der Waals surface area contributed by atoms with E-state index in [0.717, 1.165) is 12.1 Å². The molecule has 1 atom stereocenters. The zero-order valence-corrected chi connectivity index (χ0v) is 9.31. The van der Waals surface area contributed by atoms with E-state index in [2.05, 4.69) is 10.1 Å². The highest BCUT2D eigenvalue weighted by atomic mass is 19.1. The van der Waals surface area contributed by atoms with Gasteiger partial charge < -0.3 is 20.3 Å². The predicted molar refractivity (Wildman–Crippen MR) is 58.3 cm³/mol. The van der Waals surface area contributed by atoms with Gasteiger partial charge in [-0.2, -0.15) is 0 Å². The standard InChI is InChI=1S/C11H14FNO4/c1-17-6-8(14)5-13-11(16)9-3-2-7(12)4-10(9)15/h2-4,8,14-15H,5-6H2,1H3,(H,13,16). The zero-order chi connectivity index (χ0) is 12.8. The van der Waals surface area contributed by atoms with E-state index in [-0.39, 0.29) is 18.7 Å². The van der Waals surface area contributed by atoms with Crippen LogP contribution in [0, 0.1) is 5.82 Å². The molecular formula is C11H14FNO4. The van der Waals surface area contributed by atoms with Gasteiger partial charge in [-0.05, 0) is 12.1 Å². The average Bonchev–Trinajstić information content (AvgIpc) is 2.26. The quantitative estimate of drug-likeness (QED) is 0.693. The number of nitrogens with one attached hydrogen (secondary N) is 1. The lowest BCUT2D eigenvalue weighted by Crippen LogP contribution is -2.34. The molecule has 5 nitrogen and oxygen atoms in total. The molecule has 0 aliphatic carbocycles. The van der Waals surface area contributed by atoms with Crippen molar-refractivity contribution in [3.05, 3.63) is 29.6 Å². The van der Waals surface area contributed by atoms with Gasteiger partial charge in [0.2, 0.25) is 0 Å². The van der Waals surface area contributed by atoms with Crippen LogP contribution in [0.3, 0.4) is 0 Å². The Morgan fingerprint density at radius 2 is 2.29 bits per heavy atom. The number of hydrogen-bond acceptors (Lipinski definition) is 4. The van der Waals surface area contributed by atoms with Crippen molar-refractivity contribution in [2.24, 2.45) is 0 Å². The number of methoxy groups -OCH3 is 1. The van der Waals surface area contributed by atoms with Gasteiger partial charge in [0.25, 0.3) is 5.91 Å². The van der Waals surface area contributed by atoms with E-state index in [1.807, 2.05) is 0 Å². The van der Waals surface area contributed by atoms with Crippen LogP contribution < -0.4 is 5.32 Å². The minimum Gasteiger partial charge on any atom is -0.507 e. The Balaban J connectivity index is 2.58. The Hall–Kier alpha value is -1.66. The Labute approximate surface area is 97.8 Å². The molecule has 6 heteroatoms. The fourth-order valence-corrected chi connectivity index (χ4v) is 1.25. The summed E-state index contributed by atoms with van der Waals surface area (Å²) in [4.78, 5) is 11.5. The number of ether oxygens (including phenoxy) is 1. The smallest absolute Gasteiger partial charge is 0.255 e. The molecule has 94 valence electrons. The van der Waals surface area contributed by atoms with Crippen LogP contribution in [0.4, 0.5) is 4.39 Å². The monoisotopic (exact) mass is 243 g/mol. The zero-order valence-electron chi connectivity index (χ0n) is 9.31. The van der Waals surface area contributed by atoms with Crippen molar-refractivity contribution in [1.82, 2.24) is 5.32 Å². The van der Waals surface area contributed by atoms with Crippen LogP contribution in [0.1, 0.15) is 10.4 Å². The predicted octanol–water partition coefficient (Wildman–Crippen LogP) is 0.268. The topological polar surface area (TPSA) is 78.8 Å². The molecule has 3 N–H and O–H groups in total. The van der Waals surface area contributed by atoms with E-state index in [1.54, 1.807) is 0 Å². The largest absolute Gasteiger partial charge is 0.507 e. The number of benzene rings is 1. The average molecular weight is 243 g/mol. The van der Waals surface area contributed by atoms with Crippen LogP contribution in [-0.2, 0) is 4.74 Å². The second kappa shape index (κ2) is 6.17. The normalized spacial score (nSPS) is 12.2. The van der Waals surface area contributed by atoms with E-state index in [9.17, 15) is 19.4 Å². The van der Waals surface area contributed by atoms with E-state index in [1.165, 1.54) is 13.2 Å². The first-order chi connectivity index (χ1) is 8.04. The van der Waals surface area contributed by atoms with Gasteiger partial charge in [-0.15, -0.1) is 0 Å². The maximum absolute atomic E-state index is 12.7. The molecule has 1 amide bonds. The summed E-state index contributed by atoms with van der Waals surface area (Å²) in [6.07, 6.45) is -0.827. The van der Waals surface area contributed by atoms with Gasteiger partial charge in [-0.3, -0.25) is 4.79 Å². The van der Waals surface area contributed by atoms with Crippen molar-refractivity contribution in [2.75, 3.05) is 20.3 Å². The van der Waals surface area contributed by atoms with Gasteiger partial charge >= 0.3 is 0 Å². The van der Waals surface area contributed by atoms with Crippen molar-refractivity contribution in [1.29, 1.82) is 0 Å². The third-order valence-electron chi connectivity index (χ3n) is 2.06. The van der Waals surface area contributed by atoms with Crippen molar-refractivity contribution < 1.29 is 24.1 Å². The van der Waals surface area contributed by atoms with Gasteiger partial charge in [0, 0.05) is 19.7 Å². The summed E-state index contributed by atoms with van der Waals surface area (Å²) >= 11 is 0. The Kier molecular flexibility index (Phi) is 4.86. The summed E-state index contributed by atoms with van der Waals surface area (Å²) in [6, 6.07) is 3.09. The molecule has 1 unspecified atom stereocenters. The van der Waals surface area contributed by atoms with E-state index < -0.39 is 23.6 Å².